The molecule has 0 aliphatic rings. The molecule has 3 aromatic rings. The Bertz CT molecular complexity index is 798. The van der Waals surface area contributed by atoms with Crippen LogP contribution in [0.15, 0.2) is 42.7 Å². The van der Waals surface area contributed by atoms with E-state index in [4.69, 9.17) is 11.6 Å². The Kier molecular flexibility index (Phi) is 3.45. The molecule has 0 aliphatic carbocycles. The Hall–Kier alpha value is -2.60. The van der Waals surface area contributed by atoms with Crippen molar-refractivity contribution in [3.63, 3.8) is 0 Å². The maximum absolute atomic E-state index is 11.4. The minimum Gasteiger partial charge on any atom is -0.465 e. The van der Waals surface area contributed by atoms with E-state index in [1.807, 2.05) is 0 Å². The third-order valence-electron chi connectivity index (χ3n) is 2.91. The second kappa shape index (κ2) is 5.41. The van der Waals surface area contributed by atoms with Crippen molar-refractivity contribution in [3.05, 3.63) is 53.4 Å². The number of hydrogen-bond acceptors (Lipinski definition) is 5. The van der Waals surface area contributed by atoms with Crippen LogP contribution in [0.2, 0.25) is 5.15 Å². The standard InChI is InChI=1S/C14H11ClN4O2/c1-21-14(20)9-2-4-10(5-3-9)17-11-8-12(15)18-19-7-6-16-13(11)19/h2-8,17H,1H3. The van der Waals surface area contributed by atoms with Gasteiger partial charge in [0.2, 0.25) is 0 Å². The average Bonchev–Trinajstić information content (AvgIpc) is 2.95. The normalized spacial score (nSPS) is 10.6. The van der Waals surface area contributed by atoms with E-state index >= 15 is 0 Å². The molecular weight excluding hydrogens is 292 g/mol. The molecule has 0 aliphatic heterocycles. The number of carbonyl (C=O) groups is 1. The molecule has 106 valence electrons. The number of esters is 1. The molecule has 1 aromatic carbocycles. The van der Waals surface area contributed by atoms with Crippen molar-refractivity contribution in [1.29, 1.82) is 0 Å². The van der Waals surface area contributed by atoms with E-state index < -0.39 is 0 Å². The summed E-state index contributed by atoms with van der Waals surface area (Å²) >= 11 is 5.97. The zero-order valence-electron chi connectivity index (χ0n) is 11.1. The summed E-state index contributed by atoms with van der Waals surface area (Å²) in [6.07, 6.45) is 3.36. The first-order valence-electron chi connectivity index (χ1n) is 6.12. The second-order valence-electron chi connectivity index (χ2n) is 4.27. The number of halogens is 1. The van der Waals surface area contributed by atoms with Crippen LogP contribution in [0, 0.1) is 0 Å². The smallest absolute Gasteiger partial charge is 0.337 e. The molecule has 6 nitrogen and oxygen atoms in total. The van der Waals surface area contributed by atoms with Gasteiger partial charge in [0.25, 0.3) is 0 Å². The zero-order chi connectivity index (χ0) is 14.8. The highest BCUT2D eigenvalue weighted by molar-refractivity contribution is 6.29. The number of ether oxygens (including phenoxy) is 1. The Balaban J connectivity index is 1.91. The molecule has 0 unspecified atom stereocenters. The van der Waals surface area contributed by atoms with Gasteiger partial charge in [-0.2, -0.15) is 5.10 Å². The first-order chi connectivity index (χ1) is 10.2. The summed E-state index contributed by atoms with van der Waals surface area (Å²) in [4.78, 5) is 15.6. The van der Waals surface area contributed by atoms with Gasteiger partial charge in [-0.1, -0.05) is 11.6 Å². The number of hydrogen-bond donors (Lipinski definition) is 1. The minimum atomic E-state index is -0.371. The van der Waals surface area contributed by atoms with Gasteiger partial charge in [-0.3, -0.25) is 0 Å². The topological polar surface area (TPSA) is 68.5 Å². The van der Waals surface area contributed by atoms with Gasteiger partial charge in [0.05, 0.1) is 18.4 Å². The maximum atomic E-state index is 11.4. The van der Waals surface area contributed by atoms with Gasteiger partial charge in [-0.25, -0.2) is 14.3 Å². The number of nitrogens with one attached hydrogen (secondary N) is 1. The van der Waals surface area contributed by atoms with Crippen LogP contribution in [0.25, 0.3) is 5.65 Å². The minimum absolute atomic E-state index is 0.356. The Morgan fingerprint density at radius 1 is 1.33 bits per heavy atom. The predicted molar refractivity (Wildman–Crippen MR) is 79.1 cm³/mol. The molecule has 0 spiro atoms. The molecule has 3 rings (SSSR count). The van der Waals surface area contributed by atoms with Gasteiger partial charge in [0.1, 0.15) is 0 Å². The highest BCUT2D eigenvalue weighted by Gasteiger charge is 2.08. The Morgan fingerprint density at radius 3 is 2.81 bits per heavy atom. The first kappa shape index (κ1) is 13.4. The van der Waals surface area contributed by atoms with Gasteiger partial charge in [-0.15, -0.1) is 0 Å². The summed E-state index contributed by atoms with van der Waals surface area (Å²) < 4.78 is 6.25. The Labute approximate surface area is 125 Å². The fourth-order valence-corrected chi connectivity index (χ4v) is 2.13. The second-order valence-corrected chi connectivity index (χ2v) is 4.66. The van der Waals surface area contributed by atoms with Gasteiger partial charge >= 0.3 is 5.97 Å². The number of nitrogens with zero attached hydrogens (tertiary/aromatic N) is 3. The summed E-state index contributed by atoms with van der Waals surface area (Å²) in [5, 5.41) is 7.66. The van der Waals surface area contributed by atoms with Crippen molar-refractivity contribution in [1.82, 2.24) is 14.6 Å². The number of carbonyl (C=O) groups excluding carboxylic acids is 1. The molecule has 0 saturated heterocycles. The molecule has 1 N–H and O–H groups in total. The van der Waals surface area contributed by atoms with Crippen LogP contribution in [0.5, 0.6) is 0 Å². The van der Waals surface area contributed by atoms with E-state index in [1.165, 1.54) is 7.11 Å². The average molecular weight is 303 g/mol. The van der Waals surface area contributed by atoms with Gasteiger partial charge in [-0.05, 0) is 24.3 Å². The highest BCUT2D eigenvalue weighted by Crippen LogP contribution is 2.23. The number of rotatable bonds is 3. The molecule has 0 fully saturated rings. The maximum Gasteiger partial charge on any atom is 0.337 e. The number of benzene rings is 1. The molecular formula is C14H11ClN4O2. The Morgan fingerprint density at radius 2 is 2.10 bits per heavy atom. The number of anilines is 2. The van der Waals surface area contributed by atoms with E-state index in [0.29, 0.717) is 16.4 Å². The molecule has 7 heteroatoms. The molecule has 2 aromatic heterocycles. The number of methoxy groups -OCH3 is 1. The van der Waals surface area contributed by atoms with Crippen LogP contribution in [-0.2, 0) is 4.74 Å². The third-order valence-corrected chi connectivity index (χ3v) is 3.10. The van der Waals surface area contributed by atoms with E-state index in [0.717, 1.165) is 11.4 Å². The molecule has 0 radical (unpaired) electrons. The van der Waals surface area contributed by atoms with Gasteiger partial charge in [0.15, 0.2) is 10.8 Å². The summed E-state index contributed by atoms with van der Waals surface area (Å²) in [6, 6.07) is 8.61. The lowest BCUT2D eigenvalue weighted by molar-refractivity contribution is 0.0601. The number of aromatic nitrogens is 3. The molecule has 0 atom stereocenters. The van der Waals surface area contributed by atoms with E-state index in [-0.39, 0.29) is 5.97 Å². The van der Waals surface area contributed by atoms with Crippen LogP contribution in [0.1, 0.15) is 10.4 Å². The van der Waals surface area contributed by atoms with E-state index in [9.17, 15) is 4.79 Å². The first-order valence-corrected chi connectivity index (χ1v) is 6.50. The van der Waals surface area contributed by atoms with Gasteiger partial charge in [0, 0.05) is 24.1 Å². The lowest BCUT2D eigenvalue weighted by Crippen LogP contribution is -2.01. The lowest BCUT2D eigenvalue weighted by Gasteiger charge is -2.08. The van der Waals surface area contributed by atoms with Crippen molar-refractivity contribution < 1.29 is 9.53 Å². The van der Waals surface area contributed by atoms with E-state index in [1.54, 1.807) is 47.2 Å². The van der Waals surface area contributed by atoms with Crippen molar-refractivity contribution in [3.8, 4) is 0 Å². The monoisotopic (exact) mass is 302 g/mol. The number of fused-ring (bicyclic) bond motifs is 1. The molecule has 0 bridgehead atoms. The molecule has 21 heavy (non-hydrogen) atoms. The molecule has 0 amide bonds. The lowest BCUT2D eigenvalue weighted by atomic mass is 10.2. The fourth-order valence-electron chi connectivity index (χ4n) is 1.94. The quantitative estimate of drug-likeness (QED) is 0.753. The van der Waals surface area contributed by atoms with Crippen LogP contribution in [0.4, 0.5) is 11.4 Å². The third kappa shape index (κ3) is 2.66. The van der Waals surface area contributed by atoms with Crippen LogP contribution in [-0.4, -0.2) is 27.7 Å². The SMILES string of the molecule is COC(=O)c1ccc(Nc2cc(Cl)nn3ccnc23)cc1. The summed E-state index contributed by atoms with van der Waals surface area (Å²) in [7, 11) is 1.35. The molecule has 2 heterocycles. The van der Waals surface area contributed by atoms with Crippen LogP contribution >= 0.6 is 11.6 Å². The predicted octanol–water partition coefficient (Wildman–Crippen LogP) is 2.91. The fraction of sp³-hybridized carbons (Fsp3) is 0.0714. The summed E-state index contributed by atoms with van der Waals surface area (Å²) in [6.45, 7) is 0. The number of imidazole rings is 1. The largest absolute Gasteiger partial charge is 0.465 e. The van der Waals surface area contributed by atoms with Crippen molar-refractivity contribution in [2.45, 2.75) is 0 Å². The summed E-state index contributed by atoms with van der Waals surface area (Å²) in [5.41, 5.74) is 2.68. The van der Waals surface area contributed by atoms with E-state index in [2.05, 4.69) is 20.1 Å². The van der Waals surface area contributed by atoms with Crippen molar-refractivity contribution in [2.75, 3.05) is 12.4 Å². The van der Waals surface area contributed by atoms with Gasteiger partial charge < -0.3 is 10.1 Å². The zero-order valence-corrected chi connectivity index (χ0v) is 11.8. The van der Waals surface area contributed by atoms with Crippen LogP contribution in [0.3, 0.4) is 0 Å². The molecule has 0 saturated carbocycles. The van der Waals surface area contributed by atoms with Crippen molar-refractivity contribution in [2.24, 2.45) is 0 Å². The van der Waals surface area contributed by atoms with Crippen LogP contribution < -0.4 is 5.32 Å². The van der Waals surface area contributed by atoms with Crippen molar-refractivity contribution >= 4 is 34.6 Å². The highest BCUT2D eigenvalue weighted by atomic mass is 35.5. The summed E-state index contributed by atoms with van der Waals surface area (Å²) in [5.74, 6) is -0.371.